The number of benzene rings is 1. The van der Waals surface area contributed by atoms with E-state index < -0.39 is 0 Å². The second kappa shape index (κ2) is 11.2. The maximum absolute atomic E-state index is 12.3. The predicted octanol–water partition coefficient (Wildman–Crippen LogP) is 2.36. The molecule has 8 nitrogen and oxygen atoms in total. The fourth-order valence-electron chi connectivity index (χ4n) is 3.77. The third kappa shape index (κ3) is 6.07. The van der Waals surface area contributed by atoms with Crippen LogP contribution in [-0.4, -0.2) is 83.8 Å². The molecule has 3 aromatic rings. The van der Waals surface area contributed by atoms with E-state index in [-0.39, 0.29) is 19.1 Å². The summed E-state index contributed by atoms with van der Waals surface area (Å²) in [6.45, 7) is 4.40. The van der Waals surface area contributed by atoms with Crippen molar-refractivity contribution >= 4 is 23.2 Å². The summed E-state index contributed by atoms with van der Waals surface area (Å²) in [6.07, 6.45) is 3.54. The van der Waals surface area contributed by atoms with Gasteiger partial charge in [-0.05, 0) is 41.3 Å². The van der Waals surface area contributed by atoms with Gasteiger partial charge in [-0.2, -0.15) is 0 Å². The summed E-state index contributed by atoms with van der Waals surface area (Å²) in [5, 5.41) is 11.1. The Morgan fingerprint density at radius 2 is 1.94 bits per heavy atom. The van der Waals surface area contributed by atoms with Gasteiger partial charge in [0.15, 0.2) is 6.61 Å². The lowest BCUT2D eigenvalue weighted by molar-refractivity contribution is -0.132. The van der Waals surface area contributed by atoms with E-state index in [0.717, 1.165) is 55.5 Å². The van der Waals surface area contributed by atoms with Gasteiger partial charge in [0.05, 0.1) is 6.61 Å². The first-order chi connectivity index (χ1) is 16.1. The Morgan fingerprint density at radius 1 is 1.15 bits per heavy atom. The highest BCUT2D eigenvalue weighted by Gasteiger charge is 2.21. The van der Waals surface area contributed by atoms with Crippen LogP contribution in [0.15, 0.2) is 54.2 Å². The maximum atomic E-state index is 12.3. The summed E-state index contributed by atoms with van der Waals surface area (Å²) in [6, 6.07) is 12.1. The van der Waals surface area contributed by atoms with Crippen LogP contribution in [0.5, 0.6) is 5.75 Å². The lowest BCUT2D eigenvalue weighted by Crippen LogP contribution is -2.46. The molecule has 0 spiro atoms. The maximum Gasteiger partial charge on any atom is 0.260 e. The third-order valence-corrected chi connectivity index (χ3v) is 6.60. The number of rotatable bonds is 9. The second-order valence-corrected chi connectivity index (χ2v) is 8.89. The minimum atomic E-state index is -0.159. The van der Waals surface area contributed by atoms with Crippen molar-refractivity contribution in [3.8, 4) is 16.2 Å². The Balaban J connectivity index is 1.45. The molecule has 1 amide bonds. The molecule has 0 unspecified atom stereocenters. The van der Waals surface area contributed by atoms with E-state index in [0.29, 0.717) is 6.54 Å². The van der Waals surface area contributed by atoms with E-state index in [1.807, 2.05) is 24.3 Å². The minimum Gasteiger partial charge on any atom is -0.483 e. The Hall–Kier alpha value is -3.01. The first-order valence-corrected chi connectivity index (χ1v) is 11.9. The van der Waals surface area contributed by atoms with Crippen LogP contribution in [0.1, 0.15) is 5.56 Å². The zero-order valence-corrected chi connectivity index (χ0v) is 19.6. The van der Waals surface area contributed by atoms with Crippen molar-refractivity contribution in [2.45, 2.75) is 6.54 Å². The molecule has 4 rings (SSSR count). The number of hydrogen-bond acceptors (Lipinski definition) is 8. The van der Waals surface area contributed by atoms with E-state index in [2.05, 4.69) is 37.3 Å². The second-order valence-electron chi connectivity index (χ2n) is 7.94. The molecule has 1 aliphatic heterocycles. The Labute approximate surface area is 198 Å². The lowest BCUT2D eigenvalue weighted by Gasteiger charge is -2.35. The summed E-state index contributed by atoms with van der Waals surface area (Å²) in [5.74, 6) is 1.33. The number of aliphatic hydroxyl groups excluding tert-OH is 1. The standard InChI is InChI=1S/C24H29N5O3S/c1-27(13-14-30)23(31)18-32-21-6-5-19(22-4-2-15-33-22)16-20(21)17-28-9-11-29(12-10-28)24-25-7-3-8-26-24/h2-8,15-16,30H,9-14,17-18H2,1H3. The lowest BCUT2D eigenvalue weighted by atomic mass is 10.1. The molecular weight excluding hydrogens is 438 g/mol. The zero-order chi connectivity index (χ0) is 23.0. The summed E-state index contributed by atoms with van der Waals surface area (Å²) >= 11 is 1.70. The highest BCUT2D eigenvalue weighted by molar-refractivity contribution is 7.13. The quantitative estimate of drug-likeness (QED) is 0.517. The van der Waals surface area contributed by atoms with Crippen molar-refractivity contribution < 1.29 is 14.6 Å². The number of ether oxygens (including phenoxy) is 1. The molecule has 1 aliphatic rings. The number of anilines is 1. The molecule has 1 fully saturated rings. The van der Waals surface area contributed by atoms with Crippen LogP contribution < -0.4 is 9.64 Å². The fourth-order valence-corrected chi connectivity index (χ4v) is 4.49. The van der Waals surface area contributed by atoms with Gasteiger partial charge >= 0.3 is 0 Å². The zero-order valence-electron chi connectivity index (χ0n) is 18.8. The summed E-state index contributed by atoms with van der Waals surface area (Å²) in [4.78, 5) is 28.3. The molecule has 33 heavy (non-hydrogen) atoms. The van der Waals surface area contributed by atoms with Crippen LogP contribution >= 0.6 is 11.3 Å². The van der Waals surface area contributed by atoms with Gasteiger partial charge in [0.1, 0.15) is 5.75 Å². The van der Waals surface area contributed by atoms with Crippen LogP contribution in [0.3, 0.4) is 0 Å². The molecule has 9 heteroatoms. The number of carbonyl (C=O) groups excluding carboxylic acids is 1. The summed E-state index contributed by atoms with van der Waals surface area (Å²) in [7, 11) is 1.67. The van der Waals surface area contributed by atoms with Crippen LogP contribution in [0, 0.1) is 0 Å². The van der Waals surface area contributed by atoms with E-state index >= 15 is 0 Å². The topological polar surface area (TPSA) is 82.0 Å². The molecule has 3 heterocycles. The van der Waals surface area contributed by atoms with Gasteiger partial charge in [0.25, 0.3) is 5.91 Å². The van der Waals surface area contributed by atoms with Crippen LogP contribution in [0.2, 0.25) is 0 Å². The van der Waals surface area contributed by atoms with Gasteiger partial charge in [-0.25, -0.2) is 9.97 Å². The fraction of sp³-hybridized carbons (Fsp3) is 0.375. The van der Waals surface area contributed by atoms with Gasteiger partial charge in [0, 0.05) is 69.2 Å². The first-order valence-electron chi connectivity index (χ1n) is 11.0. The van der Waals surface area contributed by atoms with Crippen molar-refractivity contribution in [3.05, 3.63) is 59.7 Å². The number of carbonyl (C=O) groups is 1. The molecule has 174 valence electrons. The van der Waals surface area contributed by atoms with Crippen LogP contribution in [-0.2, 0) is 11.3 Å². The molecule has 0 radical (unpaired) electrons. The van der Waals surface area contributed by atoms with Crippen LogP contribution in [0.4, 0.5) is 5.95 Å². The first kappa shape index (κ1) is 23.2. The molecule has 0 bridgehead atoms. The smallest absolute Gasteiger partial charge is 0.260 e. The highest BCUT2D eigenvalue weighted by atomic mass is 32.1. The molecule has 1 aromatic carbocycles. The minimum absolute atomic E-state index is 0.0546. The van der Waals surface area contributed by atoms with E-state index in [9.17, 15) is 4.79 Å². The predicted molar refractivity (Wildman–Crippen MR) is 129 cm³/mol. The SMILES string of the molecule is CN(CCO)C(=O)COc1ccc(-c2cccs2)cc1CN1CCN(c2ncccn2)CC1. The van der Waals surface area contributed by atoms with E-state index in [1.165, 1.54) is 9.78 Å². The normalized spacial score (nSPS) is 14.3. The van der Waals surface area contributed by atoms with Crippen molar-refractivity contribution in [1.82, 2.24) is 19.8 Å². The number of nitrogens with zero attached hydrogens (tertiary/aromatic N) is 5. The highest BCUT2D eigenvalue weighted by Crippen LogP contribution is 2.31. The Kier molecular flexibility index (Phi) is 7.87. The largest absolute Gasteiger partial charge is 0.483 e. The number of hydrogen-bond donors (Lipinski definition) is 1. The molecule has 0 atom stereocenters. The molecule has 1 saturated heterocycles. The van der Waals surface area contributed by atoms with Gasteiger partial charge in [-0.1, -0.05) is 6.07 Å². The van der Waals surface area contributed by atoms with Crippen LogP contribution in [0.25, 0.3) is 10.4 Å². The summed E-state index contributed by atoms with van der Waals surface area (Å²) < 4.78 is 5.94. The van der Waals surface area contributed by atoms with Crippen molar-refractivity contribution in [1.29, 1.82) is 0 Å². The Bertz CT molecular complexity index is 1020. The Morgan fingerprint density at radius 3 is 2.64 bits per heavy atom. The summed E-state index contributed by atoms with van der Waals surface area (Å²) in [5.41, 5.74) is 2.20. The van der Waals surface area contributed by atoms with Gasteiger partial charge in [0.2, 0.25) is 5.95 Å². The van der Waals surface area contributed by atoms with Gasteiger partial charge < -0.3 is 19.6 Å². The monoisotopic (exact) mass is 467 g/mol. The van der Waals surface area contributed by atoms with E-state index in [4.69, 9.17) is 9.84 Å². The van der Waals surface area contributed by atoms with E-state index in [1.54, 1.807) is 30.8 Å². The number of aliphatic hydroxyl groups is 1. The molecule has 0 saturated carbocycles. The molecular formula is C24H29N5O3S. The van der Waals surface area contributed by atoms with Crippen molar-refractivity contribution in [2.75, 3.05) is 57.9 Å². The number of amides is 1. The number of aromatic nitrogens is 2. The number of likely N-dealkylation sites (N-methyl/N-ethyl adjacent to an activating group) is 1. The average molecular weight is 468 g/mol. The van der Waals surface area contributed by atoms with Crippen molar-refractivity contribution in [2.24, 2.45) is 0 Å². The van der Waals surface area contributed by atoms with Gasteiger partial charge in [-0.15, -0.1) is 11.3 Å². The average Bonchev–Trinajstić information content (AvgIpc) is 3.39. The molecule has 0 aliphatic carbocycles. The molecule has 1 N–H and O–H groups in total. The number of piperazine rings is 1. The third-order valence-electron chi connectivity index (χ3n) is 5.68. The molecule has 2 aromatic heterocycles. The van der Waals surface area contributed by atoms with Gasteiger partial charge in [-0.3, -0.25) is 9.69 Å². The number of thiophene rings is 1. The van der Waals surface area contributed by atoms with Crippen molar-refractivity contribution in [3.63, 3.8) is 0 Å².